The van der Waals surface area contributed by atoms with Crippen molar-refractivity contribution in [3.8, 4) is 0 Å². The first-order valence-corrected chi connectivity index (χ1v) is 4.82. The van der Waals surface area contributed by atoms with Crippen LogP contribution in [0.4, 0.5) is 5.82 Å². The van der Waals surface area contributed by atoms with Gasteiger partial charge in [0.25, 0.3) is 0 Å². The average molecular weight is 178 g/mol. The summed E-state index contributed by atoms with van der Waals surface area (Å²) in [5.74, 6) is 1.12. The summed E-state index contributed by atoms with van der Waals surface area (Å²) in [4.78, 5) is 4.42. The van der Waals surface area contributed by atoms with Crippen molar-refractivity contribution < 1.29 is 0 Å². The molecule has 13 heavy (non-hydrogen) atoms. The zero-order valence-corrected chi connectivity index (χ0v) is 8.89. The standard InChI is InChI=1S/C11H18N2/c1-5-9-6-8(4)11(12)13-10(9)7(2)3/h6-7H,5H2,1-4H3,(H2,12,13). The van der Waals surface area contributed by atoms with Crippen LogP contribution < -0.4 is 5.73 Å². The molecule has 2 heteroatoms. The number of hydrogen-bond acceptors (Lipinski definition) is 2. The Hall–Kier alpha value is -1.05. The molecule has 0 spiro atoms. The van der Waals surface area contributed by atoms with Crippen molar-refractivity contribution in [1.29, 1.82) is 0 Å². The van der Waals surface area contributed by atoms with E-state index in [0.29, 0.717) is 11.7 Å². The van der Waals surface area contributed by atoms with Crippen LogP contribution in [0.5, 0.6) is 0 Å². The molecule has 0 unspecified atom stereocenters. The molecule has 0 atom stereocenters. The predicted octanol–water partition coefficient (Wildman–Crippen LogP) is 2.66. The molecular weight excluding hydrogens is 160 g/mol. The number of nitrogen functional groups attached to an aromatic ring is 1. The Balaban J connectivity index is 3.25. The summed E-state index contributed by atoms with van der Waals surface area (Å²) in [5, 5.41) is 0. The van der Waals surface area contributed by atoms with Crippen LogP contribution in [0.1, 0.15) is 43.5 Å². The van der Waals surface area contributed by atoms with E-state index in [0.717, 1.165) is 17.7 Å². The van der Waals surface area contributed by atoms with Crippen molar-refractivity contribution in [3.05, 3.63) is 22.9 Å². The summed E-state index contributed by atoms with van der Waals surface area (Å²) in [6.07, 6.45) is 1.03. The monoisotopic (exact) mass is 178 g/mol. The fourth-order valence-electron chi connectivity index (χ4n) is 1.48. The molecule has 0 fully saturated rings. The maximum atomic E-state index is 5.77. The molecular formula is C11H18N2. The summed E-state index contributed by atoms with van der Waals surface area (Å²) in [6, 6.07) is 2.15. The van der Waals surface area contributed by atoms with Crippen molar-refractivity contribution in [1.82, 2.24) is 4.98 Å². The molecule has 0 bridgehead atoms. The lowest BCUT2D eigenvalue weighted by molar-refractivity contribution is 0.800. The van der Waals surface area contributed by atoms with Crippen LogP contribution in [0.15, 0.2) is 6.07 Å². The van der Waals surface area contributed by atoms with E-state index in [1.165, 1.54) is 5.56 Å². The van der Waals surface area contributed by atoms with Crippen molar-refractivity contribution in [2.24, 2.45) is 0 Å². The van der Waals surface area contributed by atoms with E-state index in [9.17, 15) is 0 Å². The molecule has 0 amide bonds. The minimum atomic E-state index is 0.456. The summed E-state index contributed by atoms with van der Waals surface area (Å²) < 4.78 is 0. The molecule has 0 aliphatic carbocycles. The highest BCUT2D eigenvalue weighted by Crippen LogP contribution is 2.21. The predicted molar refractivity (Wildman–Crippen MR) is 56.9 cm³/mol. The first kappa shape index (κ1) is 10.0. The van der Waals surface area contributed by atoms with Crippen LogP contribution in [0.2, 0.25) is 0 Å². The molecule has 2 nitrogen and oxygen atoms in total. The Labute approximate surface area is 80.2 Å². The van der Waals surface area contributed by atoms with E-state index in [1.54, 1.807) is 0 Å². The lowest BCUT2D eigenvalue weighted by Crippen LogP contribution is -2.04. The number of nitrogens with zero attached hydrogens (tertiary/aromatic N) is 1. The van der Waals surface area contributed by atoms with Crippen LogP contribution in [0, 0.1) is 6.92 Å². The van der Waals surface area contributed by atoms with Crippen LogP contribution in [0.25, 0.3) is 0 Å². The fourth-order valence-corrected chi connectivity index (χ4v) is 1.48. The highest BCUT2D eigenvalue weighted by molar-refractivity contribution is 5.43. The molecule has 0 saturated carbocycles. The molecule has 0 aliphatic heterocycles. The fraction of sp³-hybridized carbons (Fsp3) is 0.545. The molecule has 1 rings (SSSR count). The Morgan fingerprint density at radius 2 is 2.08 bits per heavy atom. The number of hydrogen-bond donors (Lipinski definition) is 1. The van der Waals surface area contributed by atoms with Crippen LogP contribution in [-0.2, 0) is 6.42 Å². The quantitative estimate of drug-likeness (QED) is 0.756. The zero-order chi connectivity index (χ0) is 10.0. The first-order valence-electron chi connectivity index (χ1n) is 4.82. The van der Waals surface area contributed by atoms with E-state index >= 15 is 0 Å². The third-order valence-electron chi connectivity index (χ3n) is 2.29. The van der Waals surface area contributed by atoms with Gasteiger partial charge in [0, 0.05) is 5.69 Å². The van der Waals surface area contributed by atoms with E-state index in [2.05, 4.69) is 31.8 Å². The summed E-state index contributed by atoms with van der Waals surface area (Å²) in [6.45, 7) is 8.46. The largest absolute Gasteiger partial charge is 0.383 e. The SMILES string of the molecule is CCc1cc(C)c(N)nc1C(C)C. The van der Waals surface area contributed by atoms with Gasteiger partial charge in [0.1, 0.15) is 5.82 Å². The van der Waals surface area contributed by atoms with Gasteiger partial charge >= 0.3 is 0 Å². The van der Waals surface area contributed by atoms with Gasteiger partial charge in [-0.15, -0.1) is 0 Å². The minimum absolute atomic E-state index is 0.456. The minimum Gasteiger partial charge on any atom is -0.383 e. The van der Waals surface area contributed by atoms with Gasteiger partial charge in [-0.3, -0.25) is 0 Å². The molecule has 0 aromatic carbocycles. The number of pyridine rings is 1. The molecule has 1 aromatic rings. The maximum Gasteiger partial charge on any atom is 0.126 e. The second-order valence-electron chi connectivity index (χ2n) is 3.74. The topological polar surface area (TPSA) is 38.9 Å². The second kappa shape index (κ2) is 3.77. The maximum absolute atomic E-state index is 5.77. The molecule has 1 heterocycles. The summed E-state index contributed by atoms with van der Waals surface area (Å²) in [5.41, 5.74) is 9.32. The second-order valence-corrected chi connectivity index (χ2v) is 3.74. The van der Waals surface area contributed by atoms with Gasteiger partial charge in [0.2, 0.25) is 0 Å². The Morgan fingerprint density at radius 1 is 1.46 bits per heavy atom. The number of aryl methyl sites for hydroxylation is 2. The van der Waals surface area contributed by atoms with Crippen LogP contribution >= 0.6 is 0 Å². The molecule has 2 N–H and O–H groups in total. The van der Waals surface area contributed by atoms with Gasteiger partial charge in [-0.2, -0.15) is 0 Å². The van der Waals surface area contributed by atoms with Gasteiger partial charge in [-0.1, -0.05) is 26.8 Å². The third kappa shape index (κ3) is 2.00. The average Bonchev–Trinajstić information content (AvgIpc) is 2.08. The molecule has 0 aliphatic rings. The Morgan fingerprint density at radius 3 is 2.54 bits per heavy atom. The number of anilines is 1. The van der Waals surface area contributed by atoms with Gasteiger partial charge in [-0.25, -0.2) is 4.98 Å². The lowest BCUT2D eigenvalue weighted by atomic mass is 10.0. The Bertz CT molecular complexity index is 303. The van der Waals surface area contributed by atoms with Crippen molar-refractivity contribution >= 4 is 5.82 Å². The summed E-state index contributed by atoms with van der Waals surface area (Å²) in [7, 11) is 0. The normalized spacial score (nSPS) is 10.8. The van der Waals surface area contributed by atoms with Gasteiger partial charge < -0.3 is 5.73 Å². The molecule has 0 saturated heterocycles. The smallest absolute Gasteiger partial charge is 0.126 e. The number of nitrogens with two attached hydrogens (primary N) is 1. The lowest BCUT2D eigenvalue weighted by Gasteiger charge is -2.12. The molecule has 1 aromatic heterocycles. The number of aromatic nitrogens is 1. The van der Waals surface area contributed by atoms with Crippen LogP contribution in [-0.4, -0.2) is 4.98 Å². The highest BCUT2D eigenvalue weighted by Gasteiger charge is 2.09. The van der Waals surface area contributed by atoms with Crippen molar-refractivity contribution in [2.45, 2.75) is 40.0 Å². The molecule has 0 radical (unpaired) electrons. The van der Waals surface area contributed by atoms with Crippen molar-refractivity contribution in [3.63, 3.8) is 0 Å². The number of rotatable bonds is 2. The highest BCUT2D eigenvalue weighted by atomic mass is 14.8. The van der Waals surface area contributed by atoms with E-state index in [-0.39, 0.29) is 0 Å². The van der Waals surface area contributed by atoms with Crippen molar-refractivity contribution in [2.75, 3.05) is 5.73 Å². The zero-order valence-electron chi connectivity index (χ0n) is 8.89. The van der Waals surface area contributed by atoms with E-state index in [4.69, 9.17) is 5.73 Å². The van der Waals surface area contributed by atoms with Gasteiger partial charge in [0.15, 0.2) is 0 Å². The van der Waals surface area contributed by atoms with Gasteiger partial charge in [0.05, 0.1) is 0 Å². The van der Waals surface area contributed by atoms with E-state index in [1.807, 2.05) is 6.92 Å². The molecule has 72 valence electrons. The van der Waals surface area contributed by atoms with Gasteiger partial charge in [-0.05, 0) is 30.4 Å². The van der Waals surface area contributed by atoms with Crippen LogP contribution in [0.3, 0.4) is 0 Å². The third-order valence-corrected chi connectivity index (χ3v) is 2.29. The first-order chi connectivity index (χ1) is 6.06. The van der Waals surface area contributed by atoms with E-state index < -0.39 is 0 Å². The Kier molecular flexibility index (Phi) is 2.91. The summed E-state index contributed by atoms with van der Waals surface area (Å²) >= 11 is 0.